The van der Waals surface area contributed by atoms with Crippen LogP contribution >= 0.6 is 0 Å². The fraction of sp³-hybridized carbons (Fsp3) is 0.368. The number of quaternary nitrogens is 1. The molecule has 6 heteroatoms. The molecule has 1 heterocycles. The van der Waals surface area contributed by atoms with Gasteiger partial charge in [-0.15, -0.1) is 0 Å². The first kappa shape index (κ1) is 17.9. The minimum atomic E-state index is -3.72. The van der Waals surface area contributed by atoms with Gasteiger partial charge in [-0.2, -0.15) is 0 Å². The molecular weight excluding hydrogens is 336 g/mol. The molecule has 5 nitrogen and oxygen atoms in total. The lowest BCUT2D eigenvalue weighted by molar-refractivity contribution is -0.890. The highest BCUT2D eigenvalue weighted by molar-refractivity contribution is 7.92. The maximum atomic E-state index is 13.1. The van der Waals surface area contributed by atoms with Gasteiger partial charge in [0.2, 0.25) is 0 Å². The maximum absolute atomic E-state index is 13.1. The number of nitrogens with one attached hydrogen (secondary N) is 1. The van der Waals surface area contributed by atoms with Crippen LogP contribution in [0.25, 0.3) is 0 Å². The first-order valence-corrected chi connectivity index (χ1v) is 10.2. The van der Waals surface area contributed by atoms with E-state index in [1.165, 1.54) is 22.0 Å². The highest BCUT2D eigenvalue weighted by Gasteiger charge is 2.29. The molecule has 0 spiro atoms. The van der Waals surface area contributed by atoms with Gasteiger partial charge >= 0.3 is 0 Å². The average Bonchev–Trinajstić information content (AvgIpc) is 3.14. The molecule has 134 valence electrons. The Balaban J connectivity index is 1.85. The number of hydrogen-bond donors (Lipinski definition) is 2. The molecule has 1 fully saturated rings. The SMILES string of the molecule is O=S(=O)(c1ccccc1)N(CC(O)C[NH+]1CCCC1)c1ccccc1. The van der Waals surface area contributed by atoms with Crippen molar-refractivity contribution in [1.29, 1.82) is 0 Å². The van der Waals surface area contributed by atoms with Crippen LogP contribution in [0.1, 0.15) is 12.8 Å². The summed E-state index contributed by atoms with van der Waals surface area (Å²) in [5.41, 5.74) is 0.571. The van der Waals surface area contributed by atoms with Gasteiger partial charge in [-0.1, -0.05) is 36.4 Å². The minimum absolute atomic E-state index is 0.0603. The predicted octanol–water partition coefficient (Wildman–Crippen LogP) is 0.922. The molecule has 0 bridgehead atoms. The lowest BCUT2D eigenvalue weighted by Gasteiger charge is -2.27. The van der Waals surface area contributed by atoms with Crippen LogP contribution in [0.15, 0.2) is 65.6 Å². The summed E-state index contributed by atoms with van der Waals surface area (Å²) < 4.78 is 27.5. The second-order valence-electron chi connectivity index (χ2n) is 6.50. The van der Waals surface area contributed by atoms with Crippen LogP contribution in [0.2, 0.25) is 0 Å². The van der Waals surface area contributed by atoms with Gasteiger partial charge in [0.1, 0.15) is 12.6 Å². The van der Waals surface area contributed by atoms with E-state index < -0.39 is 16.1 Å². The van der Waals surface area contributed by atoms with Crippen molar-refractivity contribution >= 4 is 15.7 Å². The molecule has 1 unspecified atom stereocenters. The summed E-state index contributed by atoms with van der Waals surface area (Å²) >= 11 is 0. The minimum Gasteiger partial charge on any atom is -0.385 e. The lowest BCUT2D eigenvalue weighted by atomic mass is 10.3. The largest absolute Gasteiger partial charge is 0.385 e. The van der Waals surface area contributed by atoms with Crippen LogP contribution in [0, 0.1) is 0 Å². The van der Waals surface area contributed by atoms with E-state index in [-0.39, 0.29) is 11.4 Å². The summed E-state index contributed by atoms with van der Waals surface area (Å²) in [6.45, 7) is 2.74. The first-order valence-electron chi connectivity index (χ1n) is 8.72. The Morgan fingerprint density at radius 3 is 2.12 bits per heavy atom. The predicted molar refractivity (Wildman–Crippen MR) is 98.2 cm³/mol. The zero-order chi connectivity index (χ0) is 17.7. The van der Waals surface area contributed by atoms with E-state index >= 15 is 0 Å². The number of sulfonamides is 1. The van der Waals surface area contributed by atoms with Crippen molar-refractivity contribution < 1.29 is 18.4 Å². The van der Waals surface area contributed by atoms with Crippen molar-refractivity contribution in [2.45, 2.75) is 23.8 Å². The summed E-state index contributed by atoms with van der Waals surface area (Å²) in [4.78, 5) is 1.58. The summed E-state index contributed by atoms with van der Waals surface area (Å²) in [7, 11) is -3.72. The van der Waals surface area contributed by atoms with Crippen molar-refractivity contribution in [2.75, 3.05) is 30.5 Å². The summed E-state index contributed by atoms with van der Waals surface area (Å²) in [5, 5.41) is 10.5. The van der Waals surface area contributed by atoms with E-state index in [2.05, 4.69) is 0 Å². The van der Waals surface area contributed by atoms with Crippen molar-refractivity contribution in [3.05, 3.63) is 60.7 Å². The highest BCUT2D eigenvalue weighted by Crippen LogP contribution is 2.23. The molecule has 0 radical (unpaired) electrons. The smallest absolute Gasteiger partial charge is 0.264 e. The van der Waals surface area contributed by atoms with Crippen molar-refractivity contribution in [3.63, 3.8) is 0 Å². The van der Waals surface area contributed by atoms with Crippen molar-refractivity contribution in [3.8, 4) is 0 Å². The zero-order valence-corrected chi connectivity index (χ0v) is 15.0. The second kappa shape index (κ2) is 7.99. The molecular formula is C19H25N2O3S+. The van der Waals surface area contributed by atoms with E-state index in [1.54, 1.807) is 54.6 Å². The number of likely N-dealkylation sites (tertiary alicyclic amines) is 1. The van der Waals surface area contributed by atoms with E-state index in [0.717, 1.165) is 13.1 Å². The van der Waals surface area contributed by atoms with Crippen LogP contribution in [-0.4, -0.2) is 45.8 Å². The van der Waals surface area contributed by atoms with Crippen LogP contribution < -0.4 is 9.21 Å². The Kier molecular flexibility index (Phi) is 5.73. The molecule has 3 rings (SSSR count). The first-order chi connectivity index (χ1) is 12.1. The number of nitrogens with zero attached hydrogens (tertiary/aromatic N) is 1. The Labute approximate surface area is 149 Å². The third-order valence-electron chi connectivity index (χ3n) is 4.59. The highest BCUT2D eigenvalue weighted by atomic mass is 32.2. The molecule has 1 aliphatic heterocycles. The van der Waals surface area contributed by atoms with E-state index in [4.69, 9.17) is 0 Å². The Morgan fingerprint density at radius 2 is 1.52 bits per heavy atom. The zero-order valence-electron chi connectivity index (χ0n) is 14.2. The fourth-order valence-corrected chi connectivity index (χ4v) is 4.85. The monoisotopic (exact) mass is 361 g/mol. The van der Waals surface area contributed by atoms with Crippen LogP contribution in [0.3, 0.4) is 0 Å². The Bertz CT molecular complexity index is 760. The molecule has 0 amide bonds. The van der Waals surface area contributed by atoms with Gasteiger partial charge in [-0.25, -0.2) is 8.42 Å². The fourth-order valence-electron chi connectivity index (χ4n) is 3.32. The molecule has 2 N–H and O–H groups in total. The van der Waals surface area contributed by atoms with Crippen LogP contribution in [0.5, 0.6) is 0 Å². The van der Waals surface area contributed by atoms with Gasteiger partial charge in [-0.3, -0.25) is 4.31 Å². The molecule has 2 aromatic carbocycles. The second-order valence-corrected chi connectivity index (χ2v) is 8.36. The molecule has 2 aromatic rings. The molecule has 25 heavy (non-hydrogen) atoms. The summed E-state index contributed by atoms with van der Waals surface area (Å²) in [5.74, 6) is 0. The molecule has 1 atom stereocenters. The van der Waals surface area contributed by atoms with E-state index in [0.29, 0.717) is 12.2 Å². The molecule has 0 aromatic heterocycles. The quantitative estimate of drug-likeness (QED) is 0.771. The number of aliphatic hydroxyl groups is 1. The maximum Gasteiger partial charge on any atom is 0.264 e. The number of rotatable bonds is 7. The van der Waals surface area contributed by atoms with Gasteiger partial charge in [0.25, 0.3) is 10.0 Å². The number of benzene rings is 2. The Morgan fingerprint density at radius 1 is 0.960 bits per heavy atom. The lowest BCUT2D eigenvalue weighted by Crippen LogP contribution is -3.11. The van der Waals surface area contributed by atoms with E-state index in [9.17, 15) is 13.5 Å². The number of aliphatic hydroxyl groups excluding tert-OH is 1. The summed E-state index contributed by atoms with van der Waals surface area (Å²) in [6.07, 6.45) is 1.64. The topological polar surface area (TPSA) is 62.0 Å². The molecule has 0 saturated carbocycles. The van der Waals surface area contributed by atoms with E-state index in [1.807, 2.05) is 6.07 Å². The van der Waals surface area contributed by atoms with Gasteiger partial charge in [0.05, 0.1) is 30.2 Å². The van der Waals surface area contributed by atoms with Gasteiger partial charge in [0.15, 0.2) is 0 Å². The van der Waals surface area contributed by atoms with Crippen LogP contribution in [-0.2, 0) is 10.0 Å². The number of para-hydroxylation sites is 1. The van der Waals surface area contributed by atoms with Gasteiger partial charge in [0, 0.05) is 12.8 Å². The molecule has 1 aliphatic rings. The summed E-state index contributed by atoms with van der Waals surface area (Å²) in [6, 6.07) is 17.4. The average molecular weight is 361 g/mol. The Hall–Kier alpha value is -1.89. The van der Waals surface area contributed by atoms with Crippen LogP contribution in [0.4, 0.5) is 5.69 Å². The standard InChI is InChI=1S/C19H24N2O3S/c22-18(15-20-13-7-8-14-20)16-21(17-9-3-1-4-10-17)25(23,24)19-11-5-2-6-12-19/h1-6,9-12,18,22H,7-8,13-16H2/p+1. The van der Waals surface area contributed by atoms with Gasteiger partial charge in [-0.05, 0) is 24.3 Å². The van der Waals surface area contributed by atoms with Gasteiger partial charge < -0.3 is 10.0 Å². The molecule has 0 aliphatic carbocycles. The number of hydrogen-bond acceptors (Lipinski definition) is 3. The van der Waals surface area contributed by atoms with Crippen molar-refractivity contribution in [1.82, 2.24) is 0 Å². The third kappa shape index (κ3) is 4.39. The number of anilines is 1. The molecule has 1 saturated heterocycles. The van der Waals surface area contributed by atoms with Crippen molar-refractivity contribution in [2.24, 2.45) is 0 Å². The normalized spacial score (nSPS) is 16.7. The third-order valence-corrected chi connectivity index (χ3v) is 6.39.